The molecule has 1 aliphatic rings. The third-order valence-corrected chi connectivity index (χ3v) is 3.32. The molecule has 1 aromatic rings. The molecule has 0 saturated carbocycles. The van der Waals surface area contributed by atoms with Gasteiger partial charge >= 0.3 is 0 Å². The van der Waals surface area contributed by atoms with E-state index >= 15 is 0 Å². The molecule has 17 heavy (non-hydrogen) atoms. The standard InChI is InChI=1S/C15H23NO/c1-15(2,11-16-3)17-14-9-8-12-6-4-5-7-13(12)10-14/h8-10,16H,4-7,11H2,1-3H3. The van der Waals surface area contributed by atoms with Gasteiger partial charge in [0, 0.05) is 6.54 Å². The fraction of sp³-hybridized carbons (Fsp3) is 0.600. The monoisotopic (exact) mass is 233 g/mol. The Morgan fingerprint density at radius 2 is 1.88 bits per heavy atom. The smallest absolute Gasteiger partial charge is 0.120 e. The van der Waals surface area contributed by atoms with E-state index in [0.717, 1.165) is 12.3 Å². The molecule has 0 spiro atoms. The Morgan fingerprint density at radius 3 is 2.59 bits per heavy atom. The fourth-order valence-electron chi connectivity index (χ4n) is 2.55. The number of nitrogens with one attached hydrogen (secondary N) is 1. The molecular formula is C15H23NO. The van der Waals surface area contributed by atoms with Crippen LogP contribution >= 0.6 is 0 Å². The first-order valence-electron chi connectivity index (χ1n) is 6.56. The molecular weight excluding hydrogens is 210 g/mol. The molecule has 0 saturated heterocycles. The Bertz CT molecular complexity index is 385. The SMILES string of the molecule is CNCC(C)(C)Oc1ccc2c(c1)CCCC2. The molecule has 0 bridgehead atoms. The number of hydrogen-bond donors (Lipinski definition) is 1. The minimum atomic E-state index is -0.155. The van der Waals surface area contributed by atoms with Crippen molar-refractivity contribution in [2.24, 2.45) is 0 Å². The Balaban J connectivity index is 2.11. The van der Waals surface area contributed by atoms with E-state index in [0.29, 0.717) is 0 Å². The van der Waals surface area contributed by atoms with E-state index in [1.165, 1.54) is 36.8 Å². The summed E-state index contributed by atoms with van der Waals surface area (Å²) >= 11 is 0. The Hall–Kier alpha value is -1.02. The Labute approximate surface area is 104 Å². The van der Waals surface area contributed by atoms with Crippen molar-refractivity contribution in [3.63, 3.8) is 0 Å². The van der Waals surface area contributed by atoms with Crippen LogP contribution in [-0.2, 0) is 12.8 Å². The van der Waals surface area contributed by atoms with Crippen molar-refractivity contribution in [1.29, 1.82) is 0 Å². The van der Waals surface area contributed by atoms with Gasteiger partial charge in [0.15, 0.2) is 0 Å². The summed E-state index contributed by atoms with van der Waals surface area (Å²) in [6, 6.07) is 6.58. The highest BCUT2D eigenvalue weighted by atomic mass is 16.5. The van der Waals surface area contributed by atoms with Gasteiger partial charge in [0.1, 0.15) is 11.4 Å². The van der Waals surface area contributed by atoms with Crippen molar-refractivity contribution in [2.45, 2.75) is 45.1 Å². The van der Waals surface area contributed by atoms with E-state index in [4.69, 9.17) is 4.74 Å². The number of rotatable bonds is 4. The lowest BCUT2D eigenvalue weighted by atomic mass is 9.91. The first-order chi connectivity index (χ1) is 8.11. The molecule has 1 aliphatic carbocycles. The van der Waals surface area contributed by atoms with Gasteiger partial charge in [-0.3, -0.25) is 0 Å². The second kappa shape index (κ2) is 5.09. The molecule has 0 atom stereocenters. The lowest BCUT2D eigenvalue weighted by molar-refractivity contribution is 0.110. The maximum Gasteiger partial charge on any atom is 0.120 e. The Kier molecular flexibility index (Phi) is 3.72. The lowest BCUT2D eigenvalue weighted by Crippen LogP contribution is -2.38. The maximum atomic E-state index is 6.05. The van der Waals surface area contributed by atoms with Crippen LogP contribution in [0.25, 0.3) is 0 Å². The van der Waals surface area contributed by atoms with Crippen LogP contribution in [0.4, 0.5) is 0 Å². The summed E-state index contributed by atoms with van der Waals surface area (Å²) in [4.78, 5) is 0. The highest BCUT2D eigenvalue weighted by molar-refractivity contribution is 5.37. The van der Waals surface area contributed by atoms with Crippen LogP contribution in [0.1, 0.15) is 37.8 Å². The van der Waals surface area contributed by atoms with Crippen molar-refractivity contribution in [1.82, 2.24) is 5.32 Å². The quantitative estimate of drug-likeness (QED) is 0.863. The summed E-state index contributed by atoms with van der Waals surface area (Å²) in [5.74, 6) is 1.01. The van der Waals surface area contributed by atoms with Gasteiger partial charge in [-0.2, -0.15) is 0 Å². The lowest BCUT2D eigenvalue weighted by Gasteiger charge is -2.27. The molecule has 94 valence electrons. The van der Waals surface area contributed by atoms with E-state index in [1.54, 1.807) is 0 Å². The van der Waals surface area contributed by atoms with Crippen LogP contribution in [0.3, 0.4) is 0 Å². The van der Waals surface area contributed by atoms with Crippen molar-refractivity contribution >= 4 is 0 Å². The minimum absolute atomic E-state index is 0.155. The molecule has 2 nitrogen and oxygen atoms in total. The summed E-state index contributed by atoms with van der Waals surface area (Å²) in [6.07, 6.45) is 5.09. The van der Waals surface area contributed by atoms with E-state index < -0.39 is 0 Å². The number of aryl methyl sites for hydroxylation is 2. The molecule has 0 heterocycles. The van der Waals surface area contributed by atoms with E-state index in [1.807, 2.05) is 7.05 Å². The predicted octanol–water partition coefficient (Wildman–Crippen LogP) is 2.94. The molecule has 0 aliphatic heterocycles. The third-order valence-electron chi connectivity index (χ3n) is 3.32. The summed E-state index contributed by atoms with van der Waals surface area (Å²) in [7, 11) is 1.96. The van der Waals surface area contributed by atoms with Crippen LogP contribution in [0, 0.1) is 0 Å². The van der Waals surface area contributed by atoms with Gasteiger partial charge in [0.2, 0.25) is 0 Å². The first-order valence-corrected chi connectivity index (χ1v) is 6.56. The summed E-state index contributed by atoms with van der Waals surface area (Å²) < 4.78 is 6.05. The van der Waals surface area contributed by atoms with E-state index in [-0.39, 0.29) is 5.60 Å². The third kappa shape index (κ3) is 3.22. The van der Waals surface area contributed by atoms with Gasteiger partial charge < -0.3 is 10.1 Å². The molecule has 0 unspecified atom stereocenters. The molecule has 2 rings (SSSR count). The summed E-state index contributed by atoms with van der Waals surface area (Å²) in [5.41, 5.74) is 2.83. The average Bonchev–Trinajstić information content (AvgIpc) is 2.28. The van der Waals surface area contributed by atoms with E-state index in [2.05, 4.69) is 37.4 Å². The summed E-state index contributed by atoms with van der Waals surface area (Å²) in [5, 5.41) is 3.17. The van der Waals surface area contributed by atoms with Crippen LogP contribution in [-0.4, -0.2) is 19.2 Å². The molecule has 1 aromatic carbocycles. The number of fused-ring (bicyclic) bond motifs is 1. The largest absolute Gasteiger partial charge is 0.487 e. The first kappa shape index (κ1) is 12.4. The highest BCUT2D eigenvalue weighted by Crippen LogP contribution is 2.27. The predicted molar refractivity (Wildman–Crippen MR) is 71.7 cm³/mol. The van der Waals surface area contributed by atoms with Crippen molar-refractivity contribution in [3.8, 4) is 5.75 Å². The van der Waals surface area contributed by atoms with Crippen LogP contribution < -0.4 is 10.1 Å². The normalized spacial score (nSPS) is 15.5. The van der Waals surface area contributed by atoms with Crippen LogP contribution in [0.5, 0.6) is 5.75 Å². The molecule has 0 radical (unpaired) electrons. The molecule has 0 amide bonds. The average molecular weight is 233 g/mol. The molecule has 2 heteroatoms. The van der Waals surface area contributed by atoms with Crippen molar-refractivity contribution in [3.05, 3.63) is 29.3 Å². The molecule has 1 N–H and O–H groups in total. The van der Waals surface area contributed by atoms with Gasteiger partial charge in [0.05, 0.1) is 0 Å². The van der Waals surface area contributed by atoms with Crippen LogP contribution in [0.15, 0.2) is 18.2 Å². The van der Waals surface area contributed by atoms with Crippen LogP contribution in [0.2, 0.25) is 0 Å². The zero-order valence-electron chi connectivity index (χ0n) is 11.2. The highest BCUT2D eigenvalue weighted by Gasteiger charge is 2.19. The molecule has 0 fully saturated rings. The van der Waals surface area contributed by atoms with Crippen molar-refractivity contribution < 1.29 is 4.74 Å². The van der Waals surface area contributed by atoms with Gasteiger partial charge in [-0.15, -0.1) is 0 Å². The number of benzene rings is 1. The zero-order valence-corrected chi connectivity index (χ0v) is 11.2. The fourth-order valence-corrected chi connectivity index (χ4v) is 2.55. The van der Waals surface area contributed by atoms with Gasteiger partial charge in [-0.25, -0.2) is 0 Å². The topological polar surface area (TPSA) is 21.3 Å². The van der Waals surface area contributed by atoms with Gasteiger partial charge in [0.25, 0.3) is 0 Å². The number of likely N-dealkylation sites (N-methyl/N-ethyl adjacent to an activating group) is 1. The van der Waals surface area contributed by atoms with Gasteiger partial charge in [-0.1, -0.05) is 6.07 Å². The molecule has 0 aromatic heterocycles. The minimum Gasteiger partial charge on any atom is -0.487 e. The Morgan fingerprint density at radius 1 is 1.18 bits per heavy atom. The summed E-state index contributed by atoms with van der Waals surface area (Å²) in [6.45, 7) is 5.08. The second-order valence-corrected chi connectivity index (χ2v) is 5.53. The zero-order chi connectivity index (χ0) is 12.3. The number of ether oxygens (including phenoxy) is 1. The van der Waals surface area contributed by atoms with Gasteiger partial charge in [-0.05, 0) is 69.8 Å². The number of hydrogen-bond acceptors (Lipinski definition) is 2. The van der Waals surface area contributed by atoms with Crippen molar-refractivity contribution in [2.75, 3.05) is 13.6 Å². The van der Waals surface area contributed by atoms with E-state index in [9.17, 15) is 0 Å². The maximum absolute atomic E-state index is 6.05. The second-order valence-electron chi connectivity index (χ2n) is 5.53.